The first-order valence-corrected chi connectivity index (χ1v) is 5.92. The molecule has 0 unspecified atom stereocenters. The summed E-state index contributed by atoms with van der Waals surface area (Å²) < 4.78 is 5.40. The van der Waals surface area contributed by atoms with Crippen molar-refractivity contribution < 1.29 is 4.74 Å². The van der Waals surface area contributed by atoms with Gasteiger partial charge in [0.1, 0.15) is 5.75 Å². The van der Waals surface area contributed by atoms with Gasteiger partial charge in [-0.3, -0.25) is 0 Å². The molecule has 0 amide bonds. The first-order valence-electron chi connectivity index (χ1n) is 5.92. The van der Waals surface area contributed by atoms with E-state index in [1.54, 1.807) is 7.11 Å². The third kappa shape index (κ3) is 2.47. The Balaban J connectivity index is 2.16. The van der Waals surface area contributed by atoms with E-state index in [2.05, 4.69) is 29.3 Å². The number of benzene rings is 1. The summed E-state index contributed by atoms with van der Waals surface area (Å²) in [6.07, 6.45) is 1.18. The fourth-order valence-electron chi connectivity index (χ4n) is 2.14. The van der Waals surface area contributed by atoms with Crippen molar-refractivity contribution >= 4 is 5.69 Å². The van der Waals surface area contributed by atoms with Gasteiger partial charge in [0.15, 0.2) is 0 Å². The summed E-state index contributed by atoms with van der Waals surface area (Å²) >= 11 is 0. The maximum absolute atomic E-state index is 5.40. The molecule has 16 heavy (non-hydrogen) atoms. The molecule has 1 aromatic carbocycles. The van der Waals surface area contributed by atoms with Crippen LogP contribution in [0.3, 0.4) is 0 Å². The summed E-state index contributed by atoms with van der Waals surface area (Å²) in [5, 5.41) is 3.50. The first kappa shape index (κ1) is 11.3. The Bertz CT molecular complexity index is 340. The van der Waals surface area contributed by atoms with Crippen LogP contribution in [0.15, 0.2) is 24.3 Å². The van der Waals surface area contributed by atoms with E-state index >= 15 is 0 Å². The SMILES string of the molecule is COc1ccccc1N1CCN[C@H](C)CC1. The van der Waals surface area contributed by atoms with Gasteiger partial charge in [-0.05, 0) is 25.5 Å². The van der Waals surface area contributed by atoms with Gasteiger partial charge in [-0.1, -0.05) is 12.1 Å². The van der Waals surface area contributed by atoms with Crippen molar-refractivity contribution in [1.29, 1.82) is 0 Å². The Morgan fingerprint density at radius 2 is 2.12 bits per heavy atom. The number of ether oxygens (including phenoxy) is 1. The molecule has 1 N–H and O–H groups in total. The second-order valence-corrected chi connectivity index (χ2v) is 4.30. The number of methoxy groups -OCH3 is 1. The molecule has 1 saturated heterocycles. The lowest BCUT2D eigenvalue weighted by Crippen LogP contribution is -2.29. The zero-order valence-corrected chi connectivity index (χ0v) is 10.1. The molecule has 3 heteroatoms. The molecule has 0 radical (unpaired) electrons. The largest absolute Gasteiger partial charge is 0.495 e. The zero-order chi connectivity index (χ0) is 11.4. The molecular formula is C13H20N2O. The standard InChI is InChI=1S/C13H20N2O/c1-11-7-9-15(10-8-14-11)12-5-3-4-6-13(12)16-2/h3-6,11,14H,7-10H2,1-2H3/t11-/m1/s1. The molecule has 1 aliphatic rings. The normalized spacial score (nSPS) is 21.6. The van der Waals surface area contributed by atoms with Crippen LogP contribution in [-0.2, 0) is 0 Å². The van der Waals surface area contributed by atoms with E-state index in [-0.39, 0.29) is 0 Å². The summed E-state index contributed by atoms with van der Waals surface area (Å²) in [6, 6.07) is 8.85. The number of hydrogen-bond acceptors (Lipinski definition) is 3. The van der Waals surface area contributed by atoms with Crippen LogP contribution in [0.2, 0.25) is 0 Å². The molecule has 1 aliphatic heterocycles. The summed E-state index contributed by atoms with van der Waals surface area (Å²) in [5.74, 6) is 0.969. The summed E-state index contributed by atoms with van der Waals surface area (Å²) in [6.45, 7) is 5.42. The van der Waals surface area contributed by atoms with E-state index in [4.69, 9.17) is 4.74 Å². The van der Waals surface area contributed by atoms with Crippen LogP contribution in [0.1, 0.15) is 13.3 Å². The minimum atomic E-state index is 0.611. The first-order chi connectivity index (χ1) is 7.81. The van der Waals surface area contributed by atoms with Crippen LogP contribution in [0.4, 0.5) is 5.69 Å². The minimum Gasteiger partial charge on any atom is -0.495 e. The van der Waals surface area contributed by atoms with E-state index in [1.165, 1.54) is 12.1 Å². The molecule has 1 heterocycles. The molecule has 88 valence electrons. The maximum atomic E-state index is 5.40. The highest BCUT2D eigenvalue weighted by atomic mass is 16.5. The third-order valence-corrected chi connectivity index (χ3v) is 3.13. The second kappa shape index (κ2) is 5.21. The van der Waals surface area contributed by atoms with Crippen LogP contribution < -0.4 is 15.0 Å². The summed E-state index contributed by atoms with van der Waals surface area (Å²) in [4.78, 5) is 2.40. The van der Waals surface area contributed by atoms with Gasteiger partial charge in [0.2, 0.25) is 0 Å². The molecule has 1 atom stereocenters. The van der Waals surface area contributed by atoms with E-state index in [0.717, 1.165) is 25.4 Å². The fraction of sp³-hybridized carbons (Fsp3) is 0.538. The summed E-state index contributed by atoms with van der Waals surface area (Å²) in [7, 11) is 1.73. The zero-order valence-electron chi connectivity index (χ0n) is 10.1. The average molecular weight is 220 g/mol. The average Bonchev–Trinajstić information content (AvgIpc) is 2.54. The third-order valence-electron chi connectivity index (χ3n) is 3.13. The number of nitrogens with one attached hydrogen (secondary N) is 1. The lowest BCUT2D eigenvalue weighted by Gasteiger charge is -2.24. The van der Waals surface area contributed by atoms with Crippen LogP contribution in [0.25, 0.3) is 0 Å². The molecule has 0 saturated carbocycles. The van der Waals surface area contributed by atoms with Crippen LogP contribution in [-0.4, -0.2) is 32.8 Å². The number of rotatable bonds is 2. The molecule has 0 aliphatic carbocycles. The van der Waals surface area contributed by atoms with E-state index < -0.39 is 0 Å². The van der Waals surface area contributed by atoms with E-state index in [9.17, 15) is 0 Å². The number of hydrogen-bond donors (Lipinski definition) is 1. The van der Waals surface area contributed by atoms with Crippen molar-refractivity contribution in [1.82, 2.24) is 5.32 Å². The Hall–Kier alpha value is -1.22. The van der Waals surface area contributed by atoms with E-state index in [0.29, 0.717) is 6.04 Å². The molecule has 3 nitrogen and oxygen atoms in total. The smallest absolute Gasteiger partial charge is 0.142 e. The van der Waals surface area contributed by atoms with Crippen molar-refractivity contribution in [2.45, 2.75) is 19.4 Å². The van der Waals surface area contributed by atoms with Gasteiger partial charge in [0.25, 0.3) is 0 Å². The highest BCUT2D eigenvalue weighted by molar-refractivity contribution is 5.58. The monoisotopic (exact) mass is 220 g/mol. The number of nitrogens with zero attached hydrogens (tertiary/aromatic N) is 1. The van der Waals surface area contributed by atoms with Gasteiger partial charge in [-0.2, -0.15) is 0 Å². The van der Waals surface area contributed by atoms with Crippen molar-refractivity contribution in [2.75, 3.05) is 31.6 Å². The van der Waals surface area contributed by atoms with E-state index in [1.807, 2.05) is 12.1 Å². The molecule has 1 aromatic rings. The minimum absolute atomic E-state index is 0.611. The molecule has 0 spiro atoms. The van der Waals surface area contributed by atoms with Gasteiger partial charge >= 0.3 is 0 Å². The van der Waals surface area contributed by atoms with Crippen molar-refractivity contribution in [3.05, 3.63) is 24.3 Å². The van der Waals surface area contributed by atoms with Crippen LogP contribution in [0.5, 0.6) is 5.75 Å². The van der Waals surface area contributed by atoms with Gasteiger partial charge in [-0.25, -0.2) is 0 Å². The molecule has 1 fully saturated rings. The molecular weight excluding hydrogens is 200 g/mol. The van der Waals surface area contributed by atoms with Gasteiger partial charge < -0.3 is 15.0 Å². The lowest BCUT2D eigenvalue weighted by atomic mass is 10.2. The quantitative estimate of drug-likeness (QED) is 0.823. The molecule has 2 rings (SSSR count). The lowest BCUT2D eigenvalue weighted by molar-refractivity contribution is 0.414. The number of para-hydroxylation sites is 2. The fourth-order valence-corrected chi connectivity index (χ4v) is 2.14. The van der Waals surface area contributed by atoms with Gasteiger partial charge in [0, 0.05) is 25.7 Å². The van der Waals surface area contributed by atoms with Gasteiger partial charge in [0.05, 0.1) is 12.8 Å². The highest BCUT2D eigenvalue weighted by Crippen LogP contribution is 2.28. The Labute approximate surface area is 97.4 Å². The van der Waals surface area contributed by atoms with Crippen molar-refractivity contribution in [2.24, 2.45) is 0 Å². The number of anilines is 1. The predicted octanol–water partition coefficient (Wildman–Crippen LogP) is 1.88. The molecule has 0 bridgehead atoms. The Morgan fingerprint density at radius 1 is 1.31 bits per heavy atom. The van der Waals surface area contributed by atoms with Gasteiger partial charge in [-0.15, -0.1) is 0 Å². The predicted molar refractivity (Wildman–Crippen MR) is 67.3 cm³/mol. The Kier molecular flexibility index (Phi) is 3.67. The van der Waals surface area contributed by atoms with Crippen molar-refractivity contribution in [3.63, 3.8) is 0 Å². The van der Waals surface area contributed by atoms with Crippen LogP contribution >= 0.6 is 0 Å². The maximum Gasteiger partial charge on any atom is 0.142 e. The topological polar surface area (TPSA) is 24.5 Å². The molecule has 0 aromatic heterocycles. The highest BCUT2D eigenvalue weighted by Gasteiger charge is 2.15. The second-order valence-electron chi connectivity index (χ2n) is 4.30. The summed E-state index contributed by atoms with van der Waals surface area (Å²) in [5.41, 5.74) is 1.21. The Morgan fingerprint density at radius 3 is 2.94 bits per heavy atom. The van der Waals surface area contributed by atoms with Crippen LogP contribution in [0, 0.1) is 0 Å². The van der Waals surface area contributed by atoms with Crippen molar-refractivity contribution in [3.8, 4) is 5.75 Å².